The second-order valence-corrected chi connectivity index (χ2v) is 7.87. The van der Waals surface area contributed by atoms with Crippen LogP contribution in [0.2, 0.25) is 5.02 Å². The maximum Gasteiger partial charge on any atom is 0.329 e. The first-order valence-corrected chi connectivity index (χ1v) is 10.9. The van der Waals surface area contributed by atoms with Crippen molar-refractivity contribution < 1.29 is 19.1 Å². The second-order valence-electron chi connectivity index (χ2n) is 7.46. The number of rotatable bonds is 8. The lowest BCUT2D eigenvalue weighted by atomic mass is 10.1. The molecule has 0 aromatic heterocycles. The van der Waals surface area contributed by atoms with Crippen LogP contribution in [0.1, 0.15) is 38.3 Å². The van der Waals surface area contributed by atoms with E-state index in [1.54, 1.807) is 24.3 Å². The molecule has 1 atom stereocenters. The van der Waals surface area contributed by atoms with Gasteiger partial charge in [0.25, 0.3) is 5.91 Å². The lowest BCUT2D eigenvalue weighted by Gasteiger charge is -2.14. The second kappa shape index (κ2) is 10.3. The van der Waals surface area contributed by atoms with Crippen LogP contribution in [-0.4, -0.2) is 35.4 Å². The molecule has 168 valence electrons. The van der Waals surface area contributed by atoms with E-state index in [1.807, 2.05) is 39.0 Å². The largest absolute Gasteiger partial charge is 0.489 e. The Morgan fingerprint density at radius 3 is 2.66 bits per heavy atom. The van der Waals surface area contributed by atoms with Gasteiger partial charge in [0.1, 0.15) is 18.0 Å². The Morgan fingerprint density at radius 2 is 1.97 bits per heavy atom. The summed E-state index contributed by atoms with van der Waals surface area (Å²) in [5.41, 5.74) is 2.33. The number of hydrogen-bond acceptors (Lipinski definition) is 4. The minimum Gasteiger partial charge on any atom is -0.489 e. The van der Waals surface area contributed by atoms with E-state index in [0.717, 1.165) is 23.3 Å². The predicted octanol–water partition coefficient (Wildman–Crippen LogP) is 4.61. The Bertz CT molecular complexity index is 1070. The molecule has 1 aliphatic heterocycles. The smallest absolute Gasteiger partial charge is 0.329 e. The van der Waals surface area contributed by atoms with Crippen LogP contribution in [0.25, 0.3) is 6.08 Å². The van der Waals surface area contributed by atoms with Crippen molar-refractivity contribution in [3.63, 3.8) is 0 Å². The van der Waals surface area contributed by atoms with Crippen molar-refractivity contribution in [2.24, 2.45) is 0 Å². The van der Waals surface area contributed by atoms with Crippen LogP contribution in [0, 0.1) is 0 Å². The van der Waals surface area contributed by atoms with E-state index in [2.05, 4.69) is 10.6 Å². The first-order valence-electron chi connectivity index (χ1n) is 10.5. The molecule has 2 N–H and O–H groups in total. The summed E-state index contributed by atoms with van der Waals surface area (Å²) < 4.78 is 5.74. The van der Waals surface area contributed by atoms with E-state index < -0.39 is 17.8 Å². The number of imide groups is 1. The number of nitrogens with one attached hydrogen (secondary N) is 2. The van der Waals surface area contributed by atoms with Crippen molar-refractivity contribution in [2.45, 2.75) is 39.7 Å². The average molecular weight is 456 g/mol. The number of amides is 4. The number of benzene rings is 2. The first kappa shape index (κ1) is 23.3. The van der Waals surface area contributed by atoms with Crippen LogP contribution < -0.4 is 15.4 Å². The van der Waals surface area contributed by atoms with Gasteiger partial charge in [-0.05, 0) is 55.2 Å². The summed E-state index contributed by atoms with van der Waals surface area (Å²) in [7, 11) is 0. The zero-order valence-electron chi connectivity index (χ0n) is 18.3. The topological polar surface area (TPSA) is 87.7 Å². The fourth-order valence-corrected chi connectivity index (χ4v) is 3.40. The fraction of sp³-hybridized carbons (Fsp3) is 0.292. The molecular weight excluding hydrogens is 430 g/mol. The summed E-state index contributed by atoms with van der Waals surface area (Å²) in [5, 5.41) is 5.68. The van der Waals surface area contributed by atoms with Gasteiger partial charge < -0.3 is 15.4 Å². The highest BCUT2D eigenvalue weighted by Crippen LogP contribution is 2.28. The van der Waals surface area contributed by atoms with Crippen molar-refractivity contribution in [3.8, 4) is 5.75 Å². The quantitative estimate of drug-likeness (QED) is 0.449. The Kier molecular flexibility index (Phi) is 7.53. The molecule has 2 aromatic rings. The van der Waals surface area contributed by atoms with E-state index in [-0.39, 0.29) is 18.3 Å². The van der Waals surface area contributed by atoms with Crippen molar-refractivity contribution in [1.82, 2.24) is 10.2 Å². The average Bonchev–Trinajstić information content (AvgIpc) is 3.03. The maximum atomic E-state index is 12.7. The van der Waals surface area contributed by atoms with Gasteiger partial charge in [0, 0.05) is 5.69 Å². The summed E-state index contributed by atoms with van der Waals surface area (Å²) in [6.45, 7) is 5.56. The number of ether oxygens (including phenoxy) is 1. The number of nitrogens with zero attached hydrogens (tertiary/aromatic N) is 1. The summed E-state index contributed by atoms with van der Waals surface area (Å²) in [5.74, 6) is -0.481. The fourth-order valence-electron chi connectivity index (χ4n) is 3.17. The number of urea groups is 1. The minimum absolute atomic E-state index is 0.0244. The number of anilines is 1. The normalized spacial score (nSPS) is 15.6. The minimum atomic E-state index is -0.650. The zero-order chi connectivity index (χ0) is 23.3. The van der Waals surface area contributed by atoms with Crippen LogP contribution in [0.4, 0.5) is 10.5 Å². The highest BCUT2D eigenvalue weighted by atomic mass is 35.5. The molecule has 0 spiro atoms. The molecule has 3 rings (SSSR count). The van der Waals surface area contributed by atoms with E-state index in [4.69, 9.17) is 16.3 Å². The zero-order valence-corrected chi connectivity index (χ0v) is 19.0. The van der Waals surface area contributed by atoms with Gasteiger partial charge in [0.05, 0.1) is 11.1 Å². The molecule has 0 bridgehead atoms. The van der Waals surface area contributed by atoms with Crippen LogP contribution in [0.15, 0.2) is 48.2 Å². The van der Waals surface area contributed by atoms with Crippen molar-refractivity contribution in [2.75, 3.05) is 11.9 Å². The molecule has 0 aliphatic carbocycles. The van der Waals surface area contributed by atoms with Gasteiger partial charge in [0.2, 0.25) is 5.91 Å². The molecule has 0 saturated carbocycles. The van der Waals surface area contributed by atoms with E-state index in [9.17, 15) is 14.4 Å². The number of carbonyl (C=O) groups is 3. The number of halogens is 1. The van der Waals surface area contributed by atoms with Gasteiger partial charge in [-0.25, -0.2) is 9.69 Å². The Labute approximate surface area is 192 Å². The van der Waals surface area contributed by atoms with Crippen molar-refractivity contribution in [3.05, 3.63) is 64.3 Å². The summed E-state index contributed by atoms with van der Waals surface area (Å²) in [6.07, 6.45) is 3.13. The van der Waals surface area contributed by atoms with Crippen LogP contribution >= 0.6 is 11.6 Å². The number of aryl methyl sites for hydroxylation is 1. The number of carbonyl (C=O) groups excluding carboxylic acids is 3. The van der Waals surface area contributed by atoms with Crippen LogP contribution in [0.5, 0.6) is 5.75 Å². The molecule has 7 nitrogen and oxygen atoms in total. The molecule has 32 heavy (non-hydrogen) atoms. The lowest BCUT2D eigenvalue weighted by molar-refractivity contribution is -0.127. The van der Waals surface area contributed by atoms with Crippen molar-refractivity contribution in [1.29, 1.82) is 0 Å². The van der Waals surface area contributed by atoms with Crippen molar-refractivity contribution >= 4 is 41.2 Å². The lowest BCUT2D eigenvalue weighted by Crippen LogP contribution is -2.38. The molecule has 1 heterocycles. The van der Waals surface area contributed by atoms with Crippen LogP contribution in [0.3, 0.4) is 0 Å². The third kappa shape index (κ3) is 5.48. The van der Waals surface area contributed by atoms with E-state index in [0.29, 0.717) is 22.0 Å². The number of para-hydroxylation sites is 1. The molecule has 8 heteroatoms. The molecule has 1 fully saturated rings. The Balaban J connectivity index is 1.69. The molecule has 0 unspecified atom stereocenters. The molecule has 1 saturated heterocycles. The Morgan fingerprint density at radius 1 is 1.22 bits per heavy atom. The summed E-state index contributed by atoms with van der Waals surface area (Å²) in [4.78, 5) is 38.3. The third-order valence-corrected chi connectivity index (χ3v) is 5.40. The molecule has 0 radical (unpaired) electrons. The third-order valence-electron chi connectivity index (χ3n) is 5.11. The molecule has 1 aliphatic rings. The van der Waals surface area contributed by atoms with E-state index >= 15 is 0 Å². The van der Waals surface area contributed by atoms with Gasteiger partial charge in [0.15, 0.2) is 0 Å². The molecular formula is C24H26ClN3O4. The Hall–Kier alpha value is -3.32. The standard InChI is InChI=1S/C24H26ClN3O4/c1-4-15(3)32-21-11-10-16(12-18(21)25)13-20-23(30)28(24(31)27-20)14-22(29)26-19-9-7-6-8-17(19)5-2/h6-13,15H,4-5,14H2,1-3H3,(H,26,29)(H,27,31)/b20-13+/t15-/m1/s1. The van der Waals surface area contributed by atoms with Gasteiger partial charge in [-0.3, -0.25) is 9.59 Å². The molecule has 4 amide bonds. The monoisotopic (exact) mass is 455 g/mol. The highest BCUT2D eigenvalue weighted by Gasteiger charge is 2.35. The van der Waals surface area contributed by atoms with Gasteiger partial charge >= 0.3 is 6.03 Å². The summed E-state index contributed by atoms with van der Waals surface area (Å²) >= 11 is 6.29. The van der Waals surface area contributed by atoms with Gasteiger partial charge in [-0.2, -0.15) is 0 Å². The van der Waals surface area contributed by atoms with Gasteiger partial charge in [-0.15, -0.1) is 0 Å². The molecule has 2 aromatic carbocycles. The summed E-state index contributed by atoms with van der Waals surface area (Å²) in [6, 6.07) is 11.9. The predicted molar refractivity (Wildman–Crippen MR) is 125 cm³/mol. The number of hydrogen-bond donors (Lipinski definition) is 2. The van der Waals surface area contributed by atoms with Gasteiger partial charge in [-0.1, -0.05) is 49.7 Å². The highest BCUT2D eigenvalue weighted by molar-refractivity contribution is 6.32. The van der Waals surface area contributed by atoms with E-state index in [1.165, 1.54) is 6.08 Å². The maximum absolute atomic E-state index is 12.7. The van der Waals surface area contributed by atoms with Crippen LogP contribution in [-0.2, 0) is 16.0 Å². The first-order chi connectivity index (χ1) is 15.3. The SMILES string of the molecule is CCc1ccccc1NC(=O)CN1C(=O)N/C(=C/c2ccc(O[C@H](C)CC)c(Cl)c2)C1=O.